The molecule has 2 bridgehead atoms. The van der Waals surface area contributed by atoms with Crippen molar-refractivity contribution in [3.63, 3.8) is 0 Å². The largest absolute Gasteiger partial charge is 0.368 e. The topological polar surface area (TPSA) is 55.0 Å². The highest BCUT2D eigenvalue weighted by Crippen LogP contribution is 2.48. The number of aryl methyl sites for hydroxylation is 1. The van der Waals surface area contributed by atoms with Gasteiger partial charge < -0.3 is 10.6 Å². The van der Waals surface area contributed by atoms with E-state index in [2.05, 4.69) is 21.9 Å². The second kappa shape index (κ2) is 4.41. The summed E-state index contributed by atoms with van der Waals surface area (Å²) >= 11 is 0. The fraction of sp³-hybridized carbons (Fsp3) is 0.714. The van der Waals surface area contributed by atoms with E-state index in [-0.39, 0.29) is 0 Å². The van der Waals surface area contributed by atoms with Crippen LogP contribution >= 0.6 is 0 Å². The molecule has 4 nitrogen and oxygen atoms in total. The van der Waals surface area contributed by atoms with E-state index < -0.39 is 0 Å². The Morgan fingerprint density at radius 3 is 2.89 bits per heavy atom. The molecule has 3 rings (SSSR count). The van der Waals surface area contributed by atoms with Gasteiger partial charge in [-0.1, -0.05) is 6.42 Å². The van der Waals surface area contributed by atoms with Gasteiger partial charge in [0.05, 0.1) is 0 Å². The Bertz CT molecular complexity index is 445. The van der Waals surface area contributed by atoms with Crippen LogP contribution in [0.4, 0.5) is 11.8 Å². The van der Waals surface area contributed by atoms with Crippen molar-refractivity contribution in [2.24, 2.45) is 17.8 Å². The monoisotopic (exact) mass is 246 g/mol. The van der Waals surface area contributed by atoms with Crippen LogP contribution in [0.3, 0.4) is 0 Å². The average Bonchev–Trinajstić information content (AvgIpc) is 2.94. The second-order valence-electron chi connectivity index (χ2n) is 6.05. The van der Waals surface area contributed by atoms with Gasteiger partial charge in [-0.05, 0) is 43.9 Å². The van der Waals surface area contributed by atoms with Crippen LogP contribution in [-0.4, -0.2) is 23.6 Å². The summed E-state index contributed by atoms with van der Waals surface area (Å²) in [6.07, 6.45) is 7.59. The molecule has 2 N–H and O–H groups in total. The molecule has 0 aromatic carbocycles. The lowest BCUT2D eigenvalue weighted by Gasteiger charge is -2.28. The van der Waals surface area contributed by atoms with Gasteiger partial charge in [0.2, 0.25) is 5.95 Å². The van der Waals surface area contributed by atoms with Gasteiger partial charge in [-0.15, -0.1) is 0 Å². The van der Waals surface area contributed by atoms with Crippen LogP contribution < -0.4 is 10.6 Å². The molecule has 2 aliphatic rings. The Hall–Kier alpha value is -1.32. The smallest absolute Gasteiger partial charge is 0.221 e. The lowest BCUT2D eigenvalue weighted by Crippen LogP contribution is -2.30. The van der Waals surface area contributed by atoms with E-state index in [0.717, 1.165) is 35.7 Å². The minimum atomic E-state index is 0.371. The zero-order chi connectivity index (χ0) is 12.7. The van der Waals surface area contributed by atoms with Crippen molar-refractivity contribution in [1.82, 2.24) is 9.97 Å². The predicted molar refractivity (Wildman–Crippen MR) is 73.4 cm³/mol. The van der Waals surface area contributed by atoms with Crippen molar-refractivity contribution < 1.29 is 0 Å². The molecule has 0 radical (unpaired) electrons. The number of nitrogens with two attached hydrogens (primary N) is 1. The van der Waals surface area contributed by atoms with Gasteiger partial charge in [0, 0.05) is 25.4 Å². The summed E-state index contributed by atoms with van der Waals surface area (Å²) in [5, 5.41) is 0. The van der Waals surface area contributed by atoms with Crippen LogP contribution in [-0.2, 0) is 0 Å². The van der Waals surface area contributed by atoms with E-state index in [1.54, 1.807) is 0 Å². The molecule has 98 valence electrons. The Morgan fingerprint density at radius 1 is 1.39 bits per heavy atom. The first kappa shape index (κ1) is 11.8. The zero-order valence-electron chi connectivity index (χ0n) is 11.3. The number of nitrogen functional groups attached to an aromatic ring is 1. The molecule has 0 saturated heterocycles. The van der Waals surface area contributed by atoms with Crippen molar-refractivity contribution in [3.05, 3.63) is 11.8 Å². The van der Waals surface area contributed by atoms with Crippen molar-refractivity contribution >= 4 is 11.8 Å². The highest BCUT2D eigenvalue weighted by atomic mass is 15.2. The third kappa shape index (κ3) is 2.04. The SMILES string of the molecule is Cc1cnc(N)nc1N(C)CC1CC2CCC1C2. The Kier molecular flexibility index (Phi) is 2.88. The maximum atomic E-state index is 5.69. The van der Waals surface area contributed by atoms with Gasteiger partial charge in [0.25, 0.3) is 0 Å². The van der Waals surface area contributed by atoms with Crippen LogP contribution in [0.1, 0.15) is 31.2 Å². The third-order valence-electron chi connectivity index (χ3n) is 4.72. The molecule has 2 fully saturated rings. The number of fused-ring (bicyclic) bond motifs is 2. The third-order valence-corrected chi connectivity index (χ3v) is 4.72. The molecule has 18 heavy (non-hydrogen) atoms. The van der Waals surface area contributed by atoms with Crippen molar-refractivity contribution in [1.29, 1.82) is 0 Å². The van der Waals surface area contributed by atoms with Gasteiger partial charge in [0.1, 0.15) is 5.82 Å². The molecule has 0 aliphatic heterocycles. The molecule has 2 saturated carbocycles. The number of aromatic nitrogens is 2. The summed E-state index contributed by atoms with van der Waals surface area (Å²) in [5.74, 6) is 4.17. The normalized spacial score (nSPS) is 29.8. The van der Waals surface area contributed by atoms with Crippen LogP contribution in [0.25, 0.3) is 0 Å². The molecular weight excluding hydrogens is 224 g/mol. The summed E-state index contributed by atoms with van der Waals surface area (Å²) in [4.78, 5) is 10.7. The molecule has 0 amide bonds. The lowest BCUT2D eigenvalue weighted by molar-refractivity contribution is 0.337. The Labute approximate surface area is 109 Å². The fourth-order valence-electron chi connectivity index (χ4n) is 3.87. The summed E-state index contributed by atoms with van der Waals surface area (Å²) < 4.78 is 0. The lowest BCUT2D eigenvalue weighted by atomic mass is 9.88. The predicted octanol–water partition coefficient (Wildman–Crippen LogP) is 2.24. The number of rotatable bonds is 3. The minimum absolute atomic E-state index is 0.371. The van der Waals surface area contributed by atoms with Crippen molar-refractivity contribution in [3.8, 4) is 0 Å². The average molecular weight is 246 g/mol. The second-order valence-corrected chi connectivity index (χ2v) is 6.05. The van der Waals surface area contributed by atoms with Crippen LogP contribution in [0, 0.1) is 24.7 Å². The number of anilines is 2. The molecule has 4 heteroatoms. The quantitative estimate of drug-likeness (QED) is 0.888. The molecule has 2 aliphatic carbocycles. The van der Waals surface area contributed by atoms with Crippen molar-refractivity contribution in [2.45, 2.75) is 32.6 Å². The number of hydrogen-bond acceptors (Lipinski definition) is 4. The Balaban J connectivity index is 1.71. The Morgan fingerprint density at radius 2 is 2.22 bits per heavy atom. The molecule has 3 atom stereocenters. The van der Waals surface area contributed by atoms with Crippen LogP contribution in [0.5, 0.6) is 0 Å². The van der Waals surface area contributed by atoms with Gasteiger partial charge in [-0.3, -0.25) is 0 Å². The van der Waals surface area contributed by atoms with Crippen LogP contribution in [0.2, 0.25) is 0 Å². The van der Waals surface area contributed by atoms with E-state index in [4.69, 9.17) is 5.73 Å². The maximum Gasteiger partial charge on any atom is 0.221 e. The van der Waals surface area contributed by atoms with E-state index in [1.807, 2.05) is 13.1 Å². The summed E-state index contributed by atoms with van der Waals surface area (Å²) in [7, 11) is 2.13. The van der Waals surface area contributed by atoms with E-state index >= 15 is 0 Å². The molecule has 1 aromatic rings. The van der Waals surface area contributed by atoms with Gasteiger partial charge in [-0.25, -0.2) is 4.98 Å². The first-order valence-corrected chi connectivity index (χ1v) is 6.93. The standard InChI is InChI=1S/C14H22N4/c1-9-7-16-14(15)17-13(9)18(2)8-12-6-10-3-4-11(12)5-10/h7,10-12H,3-6,8H2,1-2H3,(H2,15,16,17). The van der Waals surface area contributed by atoms with Gasteiger partial charge >= 0.3 is 0 Å². The number of nitrogens with zero attached hydrogens (tertiary/aromatic N) is 3. The number of hydrogen-bond donors (Lipinski definition) is 1. The van der Waals surface area contributed by atoms with E-state index in [0.29, 0.717) is 5.95 Å². The fourth-order valence-corrected chi connectivity index (χ4v) is 3.87. The van der Waals surface area contributed by atoms with E-state index in [9.17, 15) is 0 Å². The summed E-state index contributed by atoms with van der Waals surface area (Å²) in [6.45, 7) is 3.16. The van der Waals surface area contributed by atoms with Crippen molar-refractivity contribution in [2.75, 3.05) is 24.2 Å². The summed E-state index contributed by atoms with van der Waals surface area (Å²) in [6, 6.07) is 0. The molecular formula is C14H22N4. The molecule has 3 unspecified atom stereocenters. The molecule has 1 heterocycles. The van der Waals surface area contributed by atoms with Crippen LogP contribution in [0.15, 0.2) is 6.20 Å². The highest BCUT2D eigenvalue weighted by Gasteiger charge is 2.39. The van der Waals surface area contributed by atoms with Gasteiger partial charge in [-0.2, -0.15) is 4.98 Å². The van der Waals surface area contributed by atoms with Gasteiger partial charge in [0.15, 0.2) is 0 Å². The maximum absolute atomic E-state index is 5.69. The van der Waals surface area contributed by atoms with E-state index in [1.165, 1.54) is 25.7 Å². The zero-order valence-corrected chi connectivity index (χ0v) is 11.3. The molecule has 0 spiro atoms. The first-order valence-electron chi connectivity index (χ1n) is 6.93. The summed E-state index contributed by atoms with van der Waals surface area (Å²) in [5.41, 5.74) is 6.79. The first-order chi connectivity index (χ1) is 8.63. The highest BCUT2D eigenvalue weighted by molar-refractivity contribution is 5.47. The molecule has 1 aromatic heterocycles. The minimum Gasteiger partial charge on any atom is -0.368 e.